The van der Waals surface area contributed by atoms with Crippen molar-refractivity contribution in [3.05, 3.63) is 53.3 Å². The lowest BCUT2D eigenvalue weighted by Crippen LogP contribution is -2.45. The molecule has 1 atom stereocenters. The van der Waals surface area contributed by atoms with E-state index in [0.29, 0.717) is 5.69 Å². The fraction of sp³-hybridized carbons (Fsp3) is 0.577. The third kappa shape index (κ3) is 3.74. The predicted octanol–water partition coefficient (Wildman–Crippen LogP) is 6.93. The van der Waals surface area contributed by atoms with Crippen molar-refractivity contribution < 1.29 is 17.7 Å². The maximum absolute atomic E-state index is 14.0. The number of aromatic nitrogens is 1. The van der Waals surface area contributed by atoms with Crippen LogP contribution >= 0.6 is 0 Å². The highest BCUT2D eigenvalue weighted by Crippen LogP contribution is 2.56. The van der Waals surface area contributed by atoms with E-state index in [2.05, 4.69) is 25.7 Å². The Morgan fingerprint density at radius 3 is 2.32 bits per heavy atom. The van der Waals surface area contributed by atoms with Crippen LogP contribution in [0.2, 0.25) is 0 Å². The van der Waals surface area contributed by atoms with E-state index >= 15 is 0 Å². The van der Waals surface area contributed by atoms with E-state index in [1.165, 1.54) is 44.2 Å². The van der Waals surface area contributed by atoms with E-state index in [-0.39, 0.29) is 17.0 Å². The molecule has 2 aromatic rings. The molecule has 1 aromatic heterocycles. The second-order valence-corrected chi connectivity index (χ2v) is 10.3. The summed E-state index contributed by atoms with van der Waals surface area (Å²) < 4.78 is 43.9. The van der Waals surface area contributed by atoms with Gasteiger partial charge < -0.3 is 4.90 Å². The first-order valence-electron chi connectivity index (χ1n) is 11.5. The van der Waals surface area contributed by atoms with Gasteiger partial charge in [0.1, 0.15) is 0 Å². The maximum atomic E-state index is 14.0. The lowest BCUT2D eigenvalue weighted by molar-refractivity contribution is -0.603. The van der Waals surface area contributed by atoms with Gasteiger partial charge in [0.05, 0.1) is 5.56 Å². The van der Waals surface area contributed by atoms with Gasteiger partial charge in [0.15, 0.2) is 11.9 Å². The molecule has 1 aliphatic heterocycles. The normalized spacial score (nSPS) is 22.8. The van der Waals surface area contributed by atoms with E-state index < -0.39 is 11.7 Å². The first-order chi connectivity index (χ1) is 14.5. The van der Waals surface area contributed by atoms with Gasteiger partial charge in [0.2, 0.25) is 5.69 Å². The van der Waals surface area contributed by atoms with Crippen molar-refractivity contribution in [2.24, 2.45) is 5.41 Å². The van der Waals surface area contributed by atoms with Crippen LogP contribution in [0.3, 0.4) is 0 Å². The van der Waals surface area contributed by atoms with Crippen LogP contribution in [0.1, 0.15) is 76.1 Å². The molecule has 31 heavy (non-hydrogen) atoms. The number of hydrogen-bond acceptors (Lipinski definition) is 1. The van der Waals surface area contributed by atoms with Crippen molar-refractivity contribution in [3.8, 4) is 5.69 Å². The van der Waals surface area contributed by atoms with Gasteiger partial charge >= 0.3 is 6.18 Å². The lowest BCUT2D eigenvalue weighted by Gasteiger charge is -2.41. The molecule has 2 nitrogen and oxygen atoms in total. The van der Waals surface area contributed by atoms with Gasteiger partial charge in [-0.1, -0.05) is 25.3 Å². The van der Waals surface area contributed by atoms with Crippen LogP contribution in [-0.2, 0) is 6.18 Å². The van der Waals surface area contributed by atoms with E-state index in [0.717, 1.165) is 23.4 Å². The molecule has 0 N–H and O–H groups in total. The number of pyridine rings is 1. The van der Waals surface area contributed by atoms with Gasteiger partial charge in [-0.2, -0.15) is 17.7 Å². The number of aryl methyl sites for hydroxylation is 1. The van der Waals surface area contributed by atoms with Crippen molar-refractivity contribution in [2.45, 2.75) is 90.9 Å². The highest BCUT2D eigenvalue weighted by atomic mass is 19.4. The number of benzene rings is 1. The van der Waals surface area contributed by atoms with Crippen molar-refractivity contribution in [1.82, 2.24) is 0 Å². The average molecular weight is 432 g/mol. The first-order valence-corrected chi connectivity index (χ1v) is 11.5. The molecule has 0 bridgehead atoms. The van der Waals surface area contributed by atoms with Crippen molar-refractivity contribution in [2.75, 3.05) is 4.90 Å². The van der Waals surface area contributed by atoms with Crippen LogP contribution in [0.4, 0.5) is 18.9 Å². The molecule has 1 aromatic carbocycles. The maximum Gasteiger partial charge on any atom is 0.416 e. The topological polar surface area (TPSA) is 7.12 Å². The molecule has 0 unspecified atom stereocenters. The van der Waals surface area contributed by atoms with Crippen LogP contribution in [-0.4, -0.2) is 11.6 Å². The smallest absolute Gasteiger partial charge is 0.363 e. The molecule has 1 saturated heterocycles. The monoisotopic (exact) mass is 431 g/mol. The van der Waals surface area contributed by atoms with Gasteiger partial charge in [-0.05, 0) is 58.4 Å². The lowest BCUT2D eigenvalue weighted by atomic mass is 9.68. The predicted molar refractivity (Wildman–Crippen MR) is 119 cm³/mol. The third-order valence-electron chi connectivity index (χ3n) is 7.82. The molecule has 2 fully saturated rings. The molecule has 0 amide bonds. The third-order valence-corrected chi connectivity index (χ3v) is 7.82. The molecule has 2 aliphatic rings. The zero-order valence-corrected chi connectivity index (χ0v) is 19.3. The molecule has 4 rings (SSSR count). The number of hydrogen-bond donors (Lipinski definition) is 0. The summed E-state index contributed by atoms with van der Waals surface area (Å²) >= 11 is 0. The molecule has 0 radical (unpaired) electrons. The van der Waals surface area contributed by atoms with Crippen LogP contribution in [0.5, 0.6) is 0 Å². The SMILES string of the molecule is Cc1c(N2[C@H](C)C3(CCCCC3)CC2(C)C)cc(C(F)(F)F)cc1-[n+]1ccccc1C. The van der Waals surface area contributed by atoms with E-state index in [4.69, 9.17) is 0 Å². The zero-order valence-electron chi connectivity index (χ0n) is 19.3. The van der Waals surface area contributed by atoms with Gasteiger partial charge in [0.25, 0.3) is 0 Å². The summed E-state index contributed by atoms with van der Waals surface area (Å²) in [5.74, 6) is 0. The minimum atomic E-state index is -4.39. The molecular formula is C26H34F3N2+. The Balaban J connectivity index is 1.92. The van der Waals surface area contributed by atoms with Crippen LogP contribution < -0.4 is 9.47 Å². The zero-order chi connectivity index (χ0) is 22.6. The molecule has 1 aliphatic carbocycles. The fourth-order valence-electron chi connectivity index (χ4n) is 6.42. The number of alkyl halides is 3. The van der Waals surface area contributed by atoms with E-state index in [1.54, 1.807) is 0 Å². The standard InChI is InChI=1S/C26H34F3N2/c1-18-11-7-10-14-30(18)22-15-21(26(27,28)29)16-23(19(22)2)31-20(3)25(17-24(31,4)5)12-8-6-9-13-25/h7,10-11,14-16,20H,6,8-9,12-13,17H2,1-5H3/q+1/t20-/m1/s1. The number of halogens is 3. The second-order valence-electron chi connectivity index (χ2n) is 10.3. The Hall–Kier alpha value is -2.04. The Labute approximate surface area is 184 Å². The molecular weight excluding hydrogens is 397 g/mol. The number of nitrogens with zero attached hydrogens (tertiary/aromatic N) is 2. The Morgan fingerprint density at radius 2 is 1.71 bits per heavy atom. The largest absolute Gasteiger partial charge is 0.416 e. The summed E-state index contributed by atoms with van der Waals surface area (Å²) in [6.45, 7) is 10.5. The number of anilines is 1. The van der Waals surface area contributed by atoms with Crippen LogP contribution in [0, 0.1) is 19.3 Å². The van der Waals surface area contributed by atoms with Gasteiger partial charge in [-0.15, -0.1) is 0 Å². The molecule has 5 heteroatoms. The fourth-order valence-corrected chi connectivity index (χ4v) is 6.42. The Morgan fingerprint density at radius 1 is 1.03 bits per heavy atom. The minimum absolute atomic E-state index is 0.193. The molecule has 1 spiro atoms. The van der Waals surface area contributed by atoms with E-state index in [9.17, 15) is 13.2 Å². The molecule has 2 heterocycles. The highest BCUT2D eigenvalue weighted by molar-refractivity contribution is 5.64. The van der Waals surface area contributed by atoms with Crippen molar-refractivity contribution in [1.29, 1.82) is 0 Å². The first kappa shape index (κ1) is 22.2. The number of rotatable bonds is 2. The molecule has 1 saturated carbocycles. The highest BCUT2D eigenvalue weighted by Gasteiger charge is 2.54. The Kier molecular flexibility index (Phi) is 5.38. The quantitative estimate of drug-likeness (QED) is 0.468. The van der Waals surface area contributed by atoms with Crippen molar-refractivity contribution >= 4 is 5.69 Å². The summed E-state index contributed by atoms with van der Waals surface area (Å²) in [6.07, 6.45) is 4.55. The summed E-state index contributed by atoms with van der Waals surface area (Å²) in [4.78, 5) is 2.31. The minimum Gasteiger partial charge on any atom is -0.363 e. The summed E-state index contributed by atoms with van der Waals surface area (Å²) in [5, 5.41) is 0. The van der Waals surface area contributed by atoms with E-state index in [1.807, 2.05) is 42.8 Å². The van der Waals surface area contributed by atoms with Crippen molar-refractivity contribution in [3.63, 3.8) is 0 Å². The second kappa shape index (κ2) is 7.53. The molecule has 168 valence electrons. The Bertz CT molecular complexity index is 971. The van der Waals surface area contributed by atoms with Crippen LogP contribution in [0.25, 0.3) is 5.69 Å². The van der Waals surface area contributed by atoms with Crippen LogP contribution in [0.15, 0.2) is 36.5 Å². The summed E-state index contributed by atoms with van der Waals surface area (Å²) in [7, 11) is 0. The van der Waals surface area contributed by atoms with Gasteiger partial charge in [-0.25, -0.2) is 0 Å². The summed E-state index contributed by atoms with van der Waals surface area (Å²) in [6, 6.07) is 8.60. The van der Waals surface area contributed by atoms with Gasteiger partial charge in [-0.3, -0.25) is 0 Å². The van der Waals surface area contributed by atoms with Gasteiger partial charge in [0, 0.05) is 48.0 Å². The summed E-state index contributed by atoms with van der Waals surface area (Å²) in [5.41, 5.74) is 2.56. The average Bonchev–Trinajstić information content (AvgIpc) is 2.87.